The van der Waals surface area contributed by atoms with Gasteiger partial charge in [0.05, 0.1) is 6.54 Å². The van der Waals surface area contributed by atoms with Crippen LogP contribution >= 0.6 is 0 Å². The third-order valence-electron chi connectivity index (χ3n) is 4.40. The van der Waals surface area contributed by atoms with Crippen molar-refractivity contribution in [1.82, 2.24) is 4.57 Å². The van der Waals surface area contributed by atoms with Crippen molar-refractivity contribution in [2.45, 2.75) is 40.2 Å². The Morgan fingerprint density at radius 2 is 1.19 bits per heavy atom. The molecule has 1 heterocycles. The molecule has 138 valence electrons. The molecule has 0 aliphatic heterocycles. The second-order valence-corrected chi connectivity index (χ2v) is 6.39. The number of nitrogens with zero attached hydrogens (tertiary/aromatic N) is 1. The van der Waals surface area contributed by atoms with Gasteiger partial charge in [-0.2, -0.15) is 0 Å². The lowest BCUT2D eigenvalue weighted by Gasteiger charge is -2.01. The van der Waals surface area contributed by atoms with Gasteiger partial charge in [0.1, 0.15) is 0 Å². The van der Waals surface area contributed by atoms with E-state index in [1.807, 2.05) is 32.0 Å². The van der Waals surface area contributed by atoms with E-state index in [9.17, 15) is 0 Å². The molecule has 0 spiro atoms. The molecule has 3 aromatic carbocycles. The third-order valence-corrected chi connectivity index (χ3v) is 4.40. The molecule has 1 heteroatoms. The summed E-state index contributed by atoms with van der Waals surface area (Å²) in [4.78, 5) is 0. The van der Waals surface area contributed by atoms with E-state index < -0.39 is 0 Å². The summed E-state index contributed by atoms with van der Waals surface area (Å²) in [5.41, 5.74) is 3.83. The van der Waals surface area contributed by atoms with Gasteiger partial charge in [0.25, 0.3) is 0 Å². The van der Waals surface area contributed by atoms with E-state index >= 15 is 0 Å². The maximum absolute atomic E-state index is 5.43. The van der Waals surface area contributed by atoms with E-state index in [0.717, 1.165) is 0 Å². The van der Waals surface area contributed by atoms with Crippen LogP contribution in [-0.2, 0) is 6.54 Å². The van der Waals surface area contributed by atoms with Crippen LogP contribution in [0.15, 0.2) is 78.9 Å². The van der Waals surface area contributed by atoms with Gasteiger partial charge in [0.15, 0.2) is 0 Å². The Labute approximate surface area is 163 Å². The van der Waals surface area contributed by atoms with Crippen LogP contribution in [0.3, 0.4) is 0 Å². The summed E-state index contributed by atoms with van der Waals surface area (Å²) in [6.07, 6.45) is 5.43. The second kappa shape index (κ2) is 10.2. The molecular weight excluding hydrogens is 326 g/mol. The maximum atomic E-state index is 5.43. The zero-order valence-corrected chi connectivity index (χ0v) is 16.8. The van der Waals surface area contributed by atoms with E-state index in [1.54, 1.807) is 0 Å². The third kappa shape index (κ3) is 4.80. The lowest BCUT2D eigenvalue weighted by atomic mass is 10.0. The summed E-state index contributed by atoms with van der Waals surface area (Å²) >= 11 is 0. The quantitative estimate of drug-likeness (QED) is 0.333. The van der Waals surface area contributed by atoms with Crippen molar-refractivity contribution in [3.8, 4) is 12.3 Å². The number of hydrogen-bond donors (Lipinski definition) is 0. The average Bonchev–Trinajstić information content (AvgIpc) is 3.05. The molecule has 4 rings (SSSR count). The van der Waals surface area contributed by atoms with Gasteiger partial charge in [0, 0.05) is 21.8 Å². The van der Waals surface area contributed by atoms with Gasteiger partial charge in [-0.3, -0.25) is 0 Å². The molecule has 0 saturated carbocycles. The molecule has 0 amide bonds. The van der Waals surface area contributed by atoms with Crippen LogP contribution < -0.4 is 0 Å². The summed E-state index contributed by atoms with van der Waals surface area (Å²) < 4.78 is 2.19. The smallest absolute Gasteiger partial charge is 0.0841 e. The van der Waals surface area contributed by atoms with Gasteiger partial charge < -0.3 is 4.57 Å². The Hall–Kier alpha value is -2.98. The normalized spacial score (nSPS) is 9.93. The van der Waals surface area contributed by atoms with Gasteiger partial charge in [0.2, 0.25) is 0 Å². The molecule has 4 aromatic rings. The van der Waals surface area contributed by atoms with Gasteiger partial charge in [-0.25, -0.2) is 0 Å². The second-order valence-electron chi connectivity index (χ2n) is 6.39. The molecule has 1 aromatic heterocycles. The van der Waals surface area contributed by atoms with E-state index in [-0.39, 0.29) is 0 Å². The summed E-state index contributed by atoms with van der Waals surface area (Å²) in [7, 11) is 0. The first-order chi connectivity index (χ1) is 13.2. The maximum Gasteiger partial charge on any atom is 0.0841 e. The monoisotopic (exact) mass is 355 g/mol. The Morgan fingerprint density at radius 3 is 1.59 bits per heavy atom. The minimum atomic E-state index is 0.619. The topological polar surface area (TPSA) is 4.93 Å². The molecule has 0 bridgehead atoms. The molecule has 27 heavy (non-hydrogen) atoms. The highest BCUT2D eigenvalue weighted by Crippen LogP contribution is 2.28. The average molecular weight is 356 g/mol. The summed E-state index contributed by atoms with van der Waals surface area (Å²) in [5, 5.41) is 2.54. The molecule has 0 saturated heterocycles. The Morgan fingerprint density at radius 1 is 0.741 bits per heavy atom. The Balaban J connectivity index is 0.000000203. The SMILES string of the molecule is C#CCn1c2ccccc2c2ccccc21.CC.CC(C)c1ccccc1. The summed E-state index contributed by atoms with van der Waals surface area (Å²) in [6.45, 7) is 9.03. The largest absolute Gasteiger partial charge is 0.329 e. The van der Waals surface area contributed by atoms with Crippen molar-refractivity contribution < 1.29 is 0 Å². The molecule has 0 aliphatic rings. The van der Waals surface area contributed by atoms with E-state index in [0.29, 0.717) is 12.5 Å². The number of terminal acetylenes is 1. The first kappa shape index (κ1) is 20.3. The minimum absolute atomic E-state index is 0.619. The van der Waals surface area contributed by atoms with Crippen LogP contribution in [0.1, 0.15) is 39.2 Å². The lowest BCUT2D eigenvalue weighted by molar-refractivity contribution is 0.867. The molecule has 0 aliphatic carbocycles. The number of benzene rings is 3. The van der Waals surface area contributed by atoms with Gasteiger partial charge in [-0.1, -0.05) is 100 Å². The lowest BCUT2D eigenvalue weighted by Crippen LogP contribution is -1.93. The van der Waals surface area contributed by atoms with Crippen LogP contribution in [0.4, 0.5) is 0 Å². The first-order valence-electron chi connectivity index (χ1n) is 9.66. The van der Waals surface area contributed by atoms with Crippen molar-refractivity contribution in [2.24, 2.45) is 0 Å². The zero-order chi connectivity index (χ0) is 19.6. The van der Waals surface area contributed by atoms with E-state index in [4.69, 9.17) is 6.42 Å². The molecule has 0 atom stereocenters. The predicted octanol–water partition coefficient (Wildman–Crippen LogP) is 7.26. The molecule has 0 unspecified atom stereocenters. The number of hydrogen-bond acceptors (Lipinski definition) is 0. The van der Waals surface area contributed by atoms with Crippen LogP contribution in [0.2, 0.25) is 0 Å². The highest BCUT2D eigenvalue weighted by atomic mass is 15.0. The number of aromatic nitrogens is 1. The number of rotatable bonds is 2. The van der Waals surface area contributed by atoms with Crippen molar-refractivity contribution in [1.29, 1.82) is 0 Å². The Kier molecular flexibility index (Phi) is 7.71. The fraction of sp³-hybridized carbons (Fsp3) is 0.231. The van der Waals surface area contributed by atoms with Crippen LogP contribution in [0, 0.1) is 12.3 Å². The molecule has 0 radical (unpaired) electrons. The number of para-hydroxylation sites is 2. The van der Waals surface area contributed by atoms with E-state index in [2.05, 4.69) is 85.0 Å². The van der Waals surface area contributed by atoms with Crippen molar-refractivity contribution >= 4 is 21.8 Å². The first-order valence-corrected chi connectivity index (χ1v) is 9.66. The molecule has 0 N–H and O–H groups in total. The molecule has 1 nitrogen and oxygen atoms in total. The Bertz CT molecular complexity index is 947. The van der Waals surface area contributed by atoms with Crippen LogP contribution in [0.5, 0.6) is 0 Å². The molecular formula is C26H29N. The van der Waals surface area contributed by atoms with Gasteiger partial charge in [-0.05, 0) is 23.6 Å². The summed E-state index contributed by atoms with van der Waals surface area (Å²) in [6, 6.07) is 27.3. The fourth-order valence-corrected chi connectivity index (χ4v) is 3.10. The molecule has 0 fully saturated rings. The van der Waals surface area contributed by atoms with Crippen molar-refractivity contribution in [2.75, 3.05) is 0 Å². The van der Waals surface area contributed by atoms with Crippen LogP contribution in [-0.4, -0.2) is 4.57 Å². The predicted molar refractivity (Wildman–Crippen MR) is 120 cm³/mol. The minimum Gasteiger partial charge on any atom is -0.329 e. The fourth-order valence-electron chi connectivity index (χ4n) is 3.10. The summed E-state index contributed by atoms with van der Waals surface area (Å²) in [5.74, 6) is 3.38. The number of fused-ring (bicyclic) bond motifs is 3. The zero-order valence-electron chi connectivity index (χ0n) is 16.8. The highest BCUT2D eigenvalue weighted by molar-refractivity contribution is 6.07. The van der Waals surface area contributed by atoms with Crippen molar-refractivity contribution in [3.05, 3.63) is 84.4 Å². The van der Waals surface area contributed by atoms with Gasteiger partial charge in [-0.15, -0.1) is 6.42 Å². The van der Waals surface area contributed by atoms with Crippen molar-refractivity contribution in [3.63, 3.8) is 0 Å². The van der Waals surface area contributed by atoms with Gasteiger partial charge >= 0.3 is 0 Å². The van der Waals surface area contributed by atoms with Crippen LogP contribution in [0.25, 0.3) is 21.8 Å². The standard InChI is InChI=1S/C15H11N.C9H12.C2H6/c1-2-11-16-14-9-5-3-7-12(14)13-8-4-6-10-15(13)16;1-8(2)9-6-4-3-5-7-9;1-2/h1,3-10H,11H2;3-8H,1-2H3;1-2H3. The van der Waals surface area contributed by atoms with E-state index in [1.165, 1.54) is 27.4 Å². The highest BCUT2D eigenvalue weighted by Gasteiger charge is 2.07.